The van der Waals surface area contributed by atoms with Gasteiger partial charge in [0.2, 0.25) is 0 Å². The minimum Gasteiger partial charge on any atom is -0.304 e. The van der Waals surface area contributed by atoms with Crippen LogP contribution in [0.2, 0.25) is 0 Å². The van der Waals surface area contributed by atoms with Crippen LogP contribution in [-0.2, 0) is 0 Å². The van der Waals surface area contributed by atoms with E-state index >= 15 is 0 Å². The Morgan fingerprint density at radius 2 is 1.88 bits per heavy atom. The monoisotopic (exact) mass is 317 g/mol. The topological polar surface area (TPSA) is 12.0 Å². The van der Waals surface area contributed by atoms with E-state index < -0.39 is 0 Å². The largest absolute Gasteiger partial charge is 0.304 e. The van der Waals surface area contributed by atoms with Crippen molar-refractivity contribution >= 4 is 27.3 Å². The van der Waals surface area contributed by atoms with Gasteiger partial charge in [0.25, 0.3) is 0 Å². The highest BCUT2D eigenvalue weighted by atomic mass is 79.9. The van der Waals surface area contributed by atoms with E-state index in [1.54, 1.807) is 11.3 Å². The van der Waals surface area contributed by atoms with Crippen molar-refractivity contribution in [2.75, 3.05) is 0 Å². The molecular weight excluding hydrogens is 294 g/mol. The molecule has 3 heteroatoms. The number of hydrogen-bond acceptors (Lipinski definition) is 2. The van der Waals surface area contributed by atoms with Crippen molar-refractivity contribution < 1.29 is 0 Å². The zero-order chi connectivity index (χ0) is 13.3. The van der Waals surface area contributed by atoms with Gasteiger partial charge in [-0.3, -0.25) is 0 Å². The molecule has 1 N–H and O–H groups in total. The number of rotatable bonds is 4. The molecule has 0 radical (unpaired) electrons. The van der Waals surface area contributed by atoms with E-state index in [2.05, 4.69) is 74.2 Å². The smallest absolute Gasteiger partial charge is 0.0401 e. The van der Waals surface area contributed by atoms with Gasteiger partial charge in [0, 0.05) is 20.9 Å². The average molecular weight is 318 g/mol. The zero-order valence-electron chi connectivity index (χ0n) is 11.7. The van der Waals surface area contributed by atoms with Crippen molar-refractivity contribution in [3.63, 3.8) is 0 Å². The van der Waals surface area contributed by atoms with Gasteiger partial charge in [-0.25, -0.2) is 0 Å². The van der Waals surface area contributed by atoms with Crippen molar-refractivity contribution in [1.82, 2.24) is 5.32 Å². The molecule has 0 aromatic carbocycles. The van der Waals surface area contributed by atoms with Crippen LogP contribution < -0.4 is 5.32 Å². The van der Waals surface area contributed by atoms with Crippen LogP contribution in [-0.4, -0.2) is 5.54 Å². The molecule has 0 amide bonds. The van der Waals surface area contributed by atoms with Crippen molar-refractivity contribution in [2.45, 2.75) is 59.5 Å². The van der Waals surface area contributed by atoms with Crippen LogP contribution in [0.1, 0.15) is 58.9 Å². The predicted molar refractivity (Wildman–Crippen MR) is 81.7 cm³/mol. The van der Waals surface area contributed by atoms with Gasteiger partial charge in [-0.15, -0.1) is 11.3 Å². The first kappa shape index (κ1) is 15.2. The summed E-state index contributed by atoms with van der Waals surface area (Å²) in [5, 5.41) is 5.87. The van der Waals surface area contributed by atoms with Gasteiger partial charge < -0.3 is 5.32 Å². The molecule has 0 aliphatic rings. The Labute approximate surface area is 118 Å². The highest BCUT2D eigenvalue weighted by Crippen LogP contribution is 2.33. The lowest BCUT2D eigenvalue weighted by Gasteiger charge is -2.35. The highest BCUT2D eigenvalue weighted by Gasteiger charge is 2.27. The molecule has 0 spiro atoms. The number of hydrogen-bond donors (Lipinski definition) is 1. The van der Waals surface area contributed by atoms with Crippen LogP contribution in [0.4, 0.5) is 0 Å². The first-order valence-electron chi connectivity index (χ1n) is 6.11. The maximum absolute atomic E-state index is 3.74. The maximum atomic E-state index is 3.74. The molecule has 1 aromatic heterocycles. The Bertz CT molecular complexity index is 363. The van der Waals surface area contributed by atoms with Gasteiger partial charge in [0.15, 0.2) is 0 Å². The third-order valence-corrected chi connectivity index (χ3v) is 4.67. The summed E-state index contributed by atoms with van der Waals surface area (Å²) < 4.78 is 1.22. The molecule has 0 saturated heterocycles. The molecule has 1 nitrogen and oxygen atoms in total. The van der Waals surface area contributed by atoms with Gasteiger partial charge in [0.05, 0.1) is 0 Å². The van der Waals surface area contributed by atoms with Crippen LogP contribution in [0, 0.1) is 5.41 Å². The van der Waals surface area contributed by atoms with Crippen LogP contribution in [0.3, 0.4) is 0 Å². The molecule has 0 aliphatic heterocycles. The van der Waals surface area contributed by atoms with Crippen LogP contribution in [0.25, 0.3) is 0 Å². The van der Waals surface area contributed by atoms with Gasteiger partial charge in [-0.05, 0) is 60.0 Å². The molecule has 1 aromatic rings. The van der Waals surface area contributed by atoms with Gasteiger partial charge >= 0.3 is 0 Å². The molecule has 0 aliphatic carbocycles. The normalized spacial score (nSPS) is 15.0. The SMILES string of the molecule is CC(NC(C)(C)CC(C)(C)C)c1sccc1Br. The summed E-state index contributed by atoms with van der Waals surface area (Å²) in [6.45, 7) is 13.7. The molecule has 0 bridgehead atoms. The summed E-state index contributed by atoms with van der Waals surface area (Å²) in [6.07, 6.45) is 1.16. The van der Waals surface area contributed by atoms with Gasteiger partial charge in [0.1, 0.15) is 0 Å². The number of nitrogens with one attached hydrogen (secondary N) is 1. The predicted octanol–water partition coefficient (Wildman–Crippen LogP) is 5.38. The van der Waals surface area contributed by atoms with E-state index in [4.69, 9.17) is 0 Å². The minimum absolute atomic E-state index is 0.154. The van der Waals surface area contributed by atoms with Crippen molar-refractivity contribution in [3.05, 3.63) is 20.8 Å². The van der Waals surface area contributed by atoms with Crippen molar-refractivity contribution in [1.29, 1.82) is 0 Å². The Balaban J connectivity index is 2.68. The summed E-state index contributed by atoms with van der Waals surface area (Å²) >= 11 is 5.41. The fourth-order valence-corrected chi connectivity index (χ4v) is 4.37. The second kappa shape index (κ2) is 5.41. The Kier molecular flexibility index (Phi) is 4.84. The van der Waals surface area contributed by atoms with E-state index in [-0.39, 0.29) is 5.54 Å². The fourth-order valence-electron chi connectivity index (χ4n) is 2.64. The number of thiophene rings is 1. The lowest BCUT2D eigenvalue weighted by Crippen LogP contribution is -2.43. The molecule has 17 heavy (non-hydrogen) atoms. The van der Waals surface area contributed by atoms with Crippen LogP contribution in [0.5, 0.6) is 0 Å². The molecule has 0 fully saturated rings. The van der Waals surface area contributed by atoms with E-state index in [1.807, 2.05) is 0 Å². The third-order valence-electron chi connectivity index (χ3n) is 2.62. The van der Waals surface area contributed by atoms with Crippen LogP contribution in [0.15, 0.2) is 15.9 Å². The molecule has 98 valence electrons. The quantitative estimate of drug-likeness (QED) is 0.786. The zero-order valence-corrected chi connectivity index (χ0v) is 14.1. The van der Waals surface area contributed by atoms with Gasteiger partial charge in [-0.2, -0.15) is 0 Å². The number of halogens is 1. The molecule has 0 saturated carbocycles. The maximum Gasteiger partial charge on any atom is 0.0401 e. The van der Waals surface area contributed by atoms with E-state index in [0.717, 1.165) is 6.42 Å². The standard InChI is InChI=1S/C14H24BrNS/c1-10(12-11(15)7-8-17-12)16-14(5,6)9-13(2,3)4/h7-8,10,16H,9H2,1-6H3. The summed E-state index contributed by atoms with van der Waals surface area (Å²) in [5.41, 5.74) is 0.504. The highest BCUT2D eigenvalue weighted by molar-refractivity contribution is 9.10. The molecule has 1 heterocycles. The van der Waals surface area contributed by atoms with Crippen molar-refractivity contribution in [3.8, 4) is 0 Å². The fraction of sp³-hybridized carbons (Fsp3) is 0.714. The van der Waals surface area contributed by atoms with E-state index in [0.29, 0.717) is 11.5 Å². The summed E-state index contributed by atoms with van der Waals surface area (Å²) in [5.74, 6) is 0. The molecule has 1 atom stereocenters. The Morgan fingerprint density at radius 1 is 1.29 bits per heavy atom. The average Bonchev–Trinajstić information content (AvgIpc) is 2.44. The Morgan fingerprint density at radius 3 is 2.29 bits per heavy atom. The van der Waals surface area contributed by atoms with E-state index in [1.165, 1.54) is 9.35 Å². The lowest BCUT2D eigenvalue weighted by atomic mass is 9.81. The molecular formula is C14H24BrNS. The molecule has 1 unspecified atom stereocenters. The van der Waals surface area contributed by atoms with Crippen LogP contribution >= 0.6 is 27.3 Å². The summed E-state index contributed by atoms with van der Waals surface area (Å²) in [7, 11) is 0. The van der Waals surface area contributed by atoms with Gasteiger partial charge in [-0.1, -0.05) is 20.8 Å². The van der Waals surface area contributed by atoms with E-state index in [9.17, 15) is 0 Å². The first-order valence-corrected chi connectivity index (χ1v) is 7.79. The second-order valence-corrected chi connectivity index (χ2v) is 8.42. The molecule has 1 rings (SSSR count). The first-order chi connectivity index (χ1) is 7.61. The summed E-state index contributed by atoms with van der Waals surface area (Å²) in [4.78, 5) is 1.38. The Hall–Kier alpha value is 0.140. The lowest BCUT2D eigenvalue weighted by molar-refractivity contribution is 0.227. The van der Waals surface area contributed by atoms with Crippen molar-refractivity contribution in [2.24, 2.45) is 5.41 Å². The summed E-state index contributed by atoms with van der Waals surface area (Å²) in [6, 6.07) is 2.51. The third kappa shape index (κ3) is 5.11. The minimum atomic E-state index is 0.154. The second-order valence-electron chi connectivity index (χ2n) is 6.62.